The summed E-state index contributed by atoms with van der Waals surface area (Å²) in [6.45, 7) is 10.0. The summed E-state index contributed by atoms with van der Waals surface area (Å²) in [4.78, 5) is 0. The Bertz CT molecular complexity index is 350. The molecule has 0 saturated carbocycles. The first-order valence-corrected chi connectivity index (χ1v) is 7.11. The summed E-state index contributed by atoms with van der Waals surface area (Å²) in [6.07, 6.45) is 0.898. The van der Waals surface area contributed by atoms with Crippen molar-refractivity contribution in [1.29, 1.82) is 0 Å². The van der Waals surface area contributed by atoms with Crippen LogP contribution < -0.4 is 5.32 Å². The van der Waals surface area contributed by atoms with Gasteiger partial charge in [-0.1, -0.05) is 26.0 Å². The first-order chi connectivity index (χ1) is 9.02. The molecule has 0 bridgehead atoms. The predicted molar refractivity (Wildman–Crippen MR) is 77.8 cm³/mol. The lowest BCUT2D eigenvalue weighted by molar-refractivity contribution is 0.104. The summed E-state index contributed by atoms with van der Waals surface area (Å²) in [6, 6.07) is 7.43. The molecule has 0 radical (unpaired) electrons. The molecular formula is C16H26FNO. The van der Waals surface area contributed by atoms with Crippen molar-refractivity contribution in [2.75, 3.05) is 13.2 Å². The molecule has 19 heavy (non-hydrogen) atoms. The average molecular weight is 267 g/mol. The second-order valence-electron chi connectivity index (χ2n) is 5.41. The van der Waals surface area contributed by atoms with Crippen LogP contribution in [0.15, 0.2) is 24.3 Å². The Morgan fingerprint density at radius 3 is 2.32 bits per heavy atom. The average Bonchev–Trinajstić information content (AvgIpc) is 2.37. The lowest BCUT2D eigenvalue weighted by atomic mass is 10.0. The molecular weight excluding hydrogens is 241 g/mol. The topological polar surface area (TPSA) is 21.3 Å². The van der Waals surface area contributed by atoms with E-state index < -0.39 is 0 Å². The van der Waals surface area contributed by atoms with Crippen molar-refractivity contribution >= 4 is 0 Å². The zero-order valence-electron chi connectivity index (χ0n) is 12.4. The van der Waals surface area contributed by atoms with Gasteiger partial charge in [0.2, 0.25) is 0 Å². The fraction of sp³-hybridized carbons (Fsp3) is 0.625. The lowest BCUT2D eigenvalue weighted by Crippen LogP contribution is -2.44. The Kier molecular flexibility index (Phi) is 7.03. The fourth-order valence-corrected chi connectivity index (χ4v) is 2.08. The van der Waals surface area contributed by atoms with Crippen LogP contribution in [0.4, 0.5) is 4.39 Å². The third kappa shape index (κ3) is 6.17. The van der Waals surface area contributed by atoms with Crippen molar-refractivity contribution in [2.24, 2.45) is 5.92 Å². The summed E-state index contributed by atoms with van der Waals surface area (Å²) in [7, 11) is 0. The SMILES string of the molecule is CCOCC(NC(C)Cc1ccc(F)cc1)C(C)C. The molecule has 1 rings (SSSR count). The smallest absolute Gasteiger partial charge is 0.123 e. The van der Waals surface area contributed by atoms with Crippen molar-refractivity contribution in [3.63, 3.8) is 0 Å². The van der Waals surface area contributed by atoms with Crippen molar-refractivity contribution in [2.45, 2.75) is 46.2 Å². The quantitative estimate of drug-likeness (QED) is 0.779. The highest BCUT2D eigenvalue weighted by Gasteiger charge is 2.16. The highest BCUT2D eigenvalue weighted by atomic mass is 19.1. The first kappa shape index (κ1) is 16.1. The predicted octanol–water partition coefficient (Wildman–Crippen LogP) is 3.41. The Hall–Kier alpha value is -0.930. The van der Waals surface area contributed by atoms with Gasteiger partial charge in [0.15, 0.2) is 0 Å². The van der Waals surface area contributed by atoms with Gasteiger partial charge in [0.05, 0.1) is 6.61 Å². The van der Waals surface area contributed by atoms with Gasteiger partial charge < -0.3 is 10.1 Å². The van der Waals surface area contributed by atoms with Crippen LogP contribution in [0.5, 0.6) is 0 Å². The van der Waals surface area contributed by atoms with Gasteiger partial charge in [-0.15, -0.1) is 0 Å². The van der Waals surface area contributed by atoms with Crippen LogP contribution in [0.2, 0.25) is 0 Å². The maximum atomic E-state index is 12.8. The molecule has 0 spiro atoms. The summed E-state index contributed by atoms with van der Waals surface area (Å²) in [5, 5.41) is 3.60. The van der Waals surface area contributed by atoms with E-state index in [1.807, 2.05) is 19.1 Å². The number of hydrogen-bond donors (Lipinski definition) is 1. The van der Waals surface area contributed by atoms with E-state index in [2.05, 4.69) is 26.1 Å². The van der Waals surface area contributed by atoms with Gasteiger partial charge in [0.25, 0.3) is 0 Å². The van der Waals surface area contributed by atoms with E-state index in [0.717, 1.165) is 25.2 Å². The molecule has 0 heterocycles. The standard InChI is InChI=1S/C16H26FNO/c1-5-19-11-16(12(2)3)18-13(4)10-14-6-8-15(17)9-7-14/h6-9,12-13,16,18H,5,10-11H2,1-4H3. The molecule has 0 amide bonds. The second kappa shape index (κ2) is 8.28. The third-order valence-corrected chi connectivity index (χ3v) is 3.26. The number of benzene rings is 1. The third-order valence-electron chi connectivity index (χ3n) is 3.26. The van der Waals surface area contributed by atoms with E-state index in [1.165, 1.54) is 12.1 Å². The zero-order chi connectivity index (χ0) is 14.3. The molecule has 0 aromatic heterocycles. The number of hydrogen-bond acceptors (Lipinski definition) is 2. The van der Waals surface area contributed by atoms with E-state index in [-0.39, 0.29) is 5.82 Å². The largest absolute Gasteiger partial charge is 0.380 e. The van der Waals surface area contributed by atoms with Gasteiger partial charge in [-0.2, -0.15) is 0 Å². The van der Waals surface area contributed by atoms with E-state index in [4.69, 9.17) is 4.74 Å². The van der Waals surface area contributed by atoms with E-state index in [0.29, 0.717) is 18.0 Å². The van der Waals surface area contributed by atoms with Crippen LogP contribution in [0.1, 0.15) is 33.3 Å². The van der Waals surface area contributed by atoms with Crippen molar-refractivity contribution in [3.8, 4) is 0 Å². The minimum Gasteiger partial charge on any atom is -0.380 e. The normalized spacial score (nSPS) is 14.6. The molecule has 2 nitrogen and oxygen atoms in total. The minimum atomic E-state index is -0.180. The van der Waals surface area contributed by atoms with E-state index >= 15 is 0 Å². The van der Waals surface area contributed by atoms with Crippen LogP contribution >= 0.6 is 0 Å². The minimum absolute atomic E-state index is 0.180. The highest BCUT2D eigenvalue weighted by Crippen LogP contribution is 2.09. The summed E-state index contributed by atoms with van der Waals surface area (Å²) in [5.74, 6) is 0.350. The number of ether oxygens (including phenoxy) is 1. The molecule has 0 fully saturated rings. The molecule has 1 aromatic carbocycles. The molecule has 0 aliphatic carbocycles. The second-order valence-corrected chi connectivity index (χ2v) is 5.41. The summed E-state index contributed by atoms with van der Waals surface area (Å²) < 4.78 is 18.4. The van der Waals surface area contributed by atoms with Crippen LogP contribution in [-0.2, 0) is 11.2 Å². The highest BCUT2D eigenvalue weighted by molar-refractivity contribution is 5.17. The van der Waals surface area contributed by atoms with Crippen LogP contribution in [-0.4, -0.2) is 25.3 Å². The molecule has 0 aliphatic rings. The van der Waals surface area contributed by atoms with Crippen LogP contribution in [0, 0.1) is 11.7 Å². The van der Waals surface area contributed by atoms with Gasteiger partial charge in [0, 0.05) is 18.7 Å². The summed E-state index contributed by atoms with van der Waals surface area (Å²) in [5.41, 5.74) is 1.15. The molecule has 2 atom stereocenters. The van der Waals surface area contributed by atoms with Gasteiger partial charge in [-0.3, -0.25) is 0 Å². The molecule has 0 saturated heterocycles. The van der Waals surface area contributed by atoms with E-state index in [1.54, 1.807) is 0 Å². The Balaban J connectivity index is 2.47. The van der Waals surface area contributed by atoms with Crippen molar-refractivity contribution in [3.05, 3.63) is 35.6 Å². The van der Waals surface area contributed by atoms with Crippen LogP contribution in [0.3, 0.4) is 0 Å². The monoisotopic (exact) mass is 267 g/mol. The molecule has 0 aliphatic heterocycles. The van der Waals surface area contributed by atoms with Crippen LogP contribution in [0.25, 0.3) is 0 Å². The van der Waals surface area contributed by atoms with Gasteiger partial charge >= 0.3 is 0 Å². The van der Waals surface area contributed by atoms with Crippen molar-refractivity contribution in [1.82, 2.24) is 5.32 Å². The molecule has 2 unspecified atom stereocenters. The lowest BCUT2D eigenvalue weighted by Gasteiger charge is -2.26. The Morgan fingerprint density at radius 1 is 1.16 bits per heavy atom. The number of rotatable bonds is 8. The van der Waals surface area contributed by atoms with E-state index in [9.17, 15) is 4.39 Å². The molecule has 108 valence electrons. The Labute approximate surface area is 116 Å². The molecule has 3 heteroatoms. The Morgan fingerprint density at radius 2 is 1.79 bits per heavy atom. The number of halogens is 1. The number of nitrogens with one attached hydrogen (secondary N) is 1. The maximum Gasteiger partial charge on any atom is 0.123 e. The summed E-state index contributed by atoms with van der Waals surface area (Å²) >= 11 is 0. The van der Waals surface area contributed by atoms with Gasteiger partial charge in [-0.05, 0) is 43.9 Å². The first-order valence-electron chi connectivity index (χ1n) is 7.11. The zero-order valence-corrected chi connectivity index (χ0v) is 12.4. The maximum absolute atomic E-state index is 12.8. The van der Waals surface area contributed by atoms with Gasteiger partial charge in [-0.25, -0.2) is 4.39 Å². The molecule has 1 N–H and O–H groups in total. The van der Waals surface area contributed by atoms with Crippen molar-refractivity contribution < 1.29 is 9.13 Å². The molecule has 1 aromatic rings. The fourth-order valence-electron chi connectivity index (χ4n) is 2.08. The van der Waals surface area contributed by atoms with Gasteiger partial charge in [0.1, 0.15) is 5.82 Å².